The lowest BCUT2D eigenvalue weighted by Gasteiger charge is -2.24. The lowest BCUT2D eigenvalue weighted by atomic mass is 10.0. The molecular weight excluding hydrogens is 382 g/mol. The molecule has 3 rings (SSSR count). The molecular formula is C22H31N5O3. The Bertz CT molecular complexity index is 880. The zero-order chi connectivity index (χ0) is 21.8. The van der Waals surface area contributed by atoms with Gasteiger partial charge in [0.2, 0.25) is 11.8 Å². The van der Waals surface area contributed by atoms with Gasteiger partial charge < -0.3 is 14.6 Å². The van der Waals surface area contributed by atoms with Gasteiger partial charge in [0, 0.05) is 26.0 Å². The Hall–Kier alpha value is -2.74. The second-order valence-electron chi connectivity index (χ2n) is 8.34. The fraction of sp³-hybridized carbons (Fsp3) is 0.545. The van der Waals surface area contributed by atoms with Crippen molar-refractivity contribution in [2.24, 2.45) is 5.92 Å². The molecule has 0 spiro atoms. The van der Waals surface area contributed by atoms with Crippen LogP contribution in [0.1, 0.15) is 60.4 Å². The van der Waals surface area contributed by atoms with Gasteiger partial charge in [-0.1, -0.05) is 13.8 Å². The molecule has 2 aromatic rings. The number of aromatic nitrogens is 2. The molecule has 0 bridgehead atoms. The number of likely N-dealkylation sites (N-methyl/N-ethyl adjacent to an activating group) is 1. The van der Waals surface area contributed by atoms with Crippen molar-refractivity contribution in [3.8, 4) is 0 Å². The lowest BCUT2D eigenvalue weighted by molar-refractivity contribution is -0.126. The summed E-state index contributed by atoms with van der Waals surface area (Å²) in [6.45, 7) is 7.10. The molecule has 8 nitrogen and oxygen atoms in total. The molecule has 2 atom stereocenters. The predicted molar refractivity (Wildman–Crippen MR) is 113 cm³/mol. The standard InChI is InChI=1S/C22H31N5O3/c1-14(2)18(24-20(28)17-7-6-12-26(17)4)21-25-19(15(3)30-21)22(29)27(5)13-16-8-10-23-11-9-16/h8-11,14,17-18H,6-7,12-13H2,1-5H3,(H,24,28)/t17-,18+/m0/s1. The first-order valence-corrected chi connectivity index (χ1v) is 10.4. The van der Waals surface area contributed by atoms with E-state index in [2.05, 4.69) is 20.2 Å². The zero-order valence-corrected chi connectivity index (χ0v) is 18.4. The molecule has 1 aliphatic heterocycles. The second-order valence-corrected chi connectivity index (χ2v) is 8.34. The number of carbonyl (C=O) groups excluding carboxylic acids is 2. The van der Waals surface area contributed by atoms with Crippen LogP contribution in [0.15, 0.2) is 28.9 Å². The van der Waals surface area contributed by atoms with Crippen LogP contribution in [-0.2, 0) is 11.3 Å². The van der Waals surface area contributed by atoms with E-state index in [1.54, 1.807) is 31.3 Å². The van der Waals surface area contributed by atoms with Gasteiger partial charge in [-0.05, 0) is 57.0 Å². The minimum atomic E-state index is -0.391. The monoisotopic (exact) mass is 413 g/mol. The first-order valence-electron chi connectivity index (χ1n) is 10.4. The van der Waals surface area contributed by atoms with Gasteiger partial charge >= 0.3 is 0 Å². The molecule has 0 radical (unpaired) electrons. The number of hydrogen-bond donors (Lipinski definition) is 1. The Morgan fingerprint density at radius 1 is 1.33 bits per heavy atom. The fourth-order valence-electron chi connectivity index (χ4n) is 3.77. The molecule has 30 heavy (non-hydrogen) atoms. The molecule has 3 heterocycles. The number of hydrogen-bond acceptors (Lipinski definition) is 6. The van der Waals surface area contributed by atoms with Crippen LogP contribution in [0.5, 0.6) is 0 Å². The molecule has 1 fully saturated rings. The summed E-state index contributed by atoms with van der Waals surface area (Å²) >= 11 is 0. The van der Waals surface area contributed by atoms with Gasteiger partial charge in [0.15, 0.2) is 5.69 Å². The number of oxazole rings is 1. The minimum Gasteiger partial charge on any atom is -0.443 e. The molecule has 8 heteroatoms. The summed E-state index contributed by atoms with van der Waals surface area (Å²) in [4.78, 5) is 37.9. The van der Waals surface area contributed by atoms with Crippen molar-refractivity contribution in [1.29, 1.82) is 0 Å². The predicted octanol–water partition coefficient (Wildman–Crippen LogP) is 2.56. The van der Waals surface area contributed by atoms with Gasteiger partial charge in [-0.15, -0.1) is 0 Å². The van der Waals surface area contributed by atoms with E-state index < -0.39 is 6.04 Å². The molecule has 0 saturated carbocycles. The van der Waals surface area contributed by atoms with Gasteiger partial charge in [-0.25, -0.2) is 4.98 Å². The third-order valence-corrected chi connectivity index (χ3v) is 5.59. The summed E-state index contributed by atoms with van der Waals surface area (Å²) in [5.74, 6) is 0.652. The number of nitrogens with zero attached hydrogens (tertiary/aromatic N) is 4. The highest BCUT2D eigenvalue weighted by atomic mass is 16.4. The first-order chi connectivity index (χ1) is 14.3. The van der Waals surface area contributed by atoms with Gasteiger partial charge in [0.1, 0.15) is 11.8 Å². The number of aryl methyl sites for hydroxylation is 1. The Labute approximate surface area is 177 Å². The van der Waals surface area contributed by atoms with Crippen molar-refractivity contribution in [3.05, 3.63) is 47.4 Å². The summed E-state index contributed by atoms with van der Waals surface area (Å²) in [6.07, 6.45) is 5.26. The van der Waals surface area contributed by atoms with Gasteiger partial charge in [0.05, 0.1) is 6.04 Å². The van der Waals surface area contributed by atoms with Crippen LogP contribution in [0.25, 0.3) is 0 Å². The van der Waals surface area contributed by atoms with Crippen LogP contribution in [0.2, 0.25) is 0 Å². The molecule has 2 amide bonds. The van der Waals surface area contributed by atoms with Gasteiger partial charge in [0.25, 0.3) is 5.91 Å². The molecule has 0 aliphatic carbocycles. The second kappa shape index (κ2) is 9.38. The van der Waals surface area contributed by atoms with Crippen molar-refractivity contribution in [2.45, 2.75) is 52.2 Å². The highest BCUT2D eigenvalue weighted by molar-refractivity contribution is 5.93. The summed E-state index contributed by atoms with van der Waals surface area (Å²) in [5.41, 5.74) is 1.26. The summed E-state index contributed by atoms with van der Waals surface area (Å²) in [6, 6.07) is 3.22. The number of amides is 2. The fourth-order valence-corrected chi connectivity index (χ4v) is 3.77. The zero-order valence-electron chi connectivity index (χ0n) is 18.4. The molecule has 1 saturated heterocycles. The quantitative estimate of drug-likeness (QED) is 0.750. The Morgan fingerprint density at radius 2 is 2.03 bits per heavy atom. The van der Waals surface area contributed by atoms with Crippen LogP contribution in [0.3, 0.4) is 0 Å². The maximum absolute atomic E-state index is 12.9. The normalized spacial score (nSPS) is 17.9. The van der Waals surface area contributed by atoms with E-state index in [9.17, 15) is 9.59 Å². The average molecular weight is 414 g/mol. The molecule has 162 valence electrons. The van der Waals surface area contributed by atoms with Crippen molar-refractivity contribution in [2.75, 3.05) is 20.6 Å². The SMILES string of the molecule is Cc1oc([C@H](NC(=O)[C@@H]2CCCN2C)C(C)C)nc1C(=O)N(C)Cc1ccncc1. The van der Waals surface area contributed by atoms with E-state index in [4.69, 9.17) is 4.42 Å². The lowest BCUT2D eigenvalue weighted by Crippen LogP contribution is -2.44. The highest BCUT2D eigenvalue weighted by Gasteiger charge is 2.33. The maximum Gasteiger partial charge on any atom is 0.276 e. The highest BCUT2D eigenvalue weighted by Crippen LogP contribution is 2.25. The molecule has 1 N–H and O–H groups in total. The topological polar surface area (TPSA) is 91.6 Å². The van der Waals surface area contributed by atoms with Crippen molar-refractivity contribution >= 4 is 11.8 Å². The van der Waals surface area contributed by atoms with Crippen LogP contribution in [0, 0.1) is 12.8 Å². The average Bonchev–Trinajstić information content (AvgIpc) is 3.31. The third-order valence-electron chi connectivity index (χ3n) is 5.59. The van der Waals surface area contributed by atoms with Crippen molar-refractivity contribution in [3.63, 3.8) is 0 Å². The number of likely N-dealkylation sites (tertiary alicyclic amines) is 1. The van der Waals surface area contributed by atoms with Crippen LogP contribution >= 0.6 is 0 Å². The number of carbonyl (C=O) groups is 2. The van der Waals surface area contributed by atoms with E-state index in [1.165, 1.54) is 0 Å². The van der Waals surface area contributed by atoms with Crippen LogP contribution in [-0.4, -0.2) is 58.3 Å². The van der Waals surface area contributed by atoms with Crippen molar-refractivity contribution in [1.82, 2.24) is 25.1 Å². The summed E-state index contributed by atoms with van der Waals surface area (Å²) < 4.78 is 5.85. The van der Waals surface area contributed by atoms with E-state index in [0.29, 0.717) is 18.2 Å². The Balaban J connectivity index is 1.75. The van der Waals surface area contributed by atoms with E-state index in [0.717, 1.165) is 24.9 Å². The van der Waals surface area contributed by atoms with Crippen LogP contribution in [0.4, 0.5) is 0 Å². The Morgan fingerprint density at radius 3 is 2.63 bits per heavy atom. The van der Waals surface area contributed by atoms with Crippen LogP contribution < -0.4 is 5.32 Å². The Kier molecular flexibility index (Phi) is 6.87. The van der Waals surface area contributed by atoms with E-state index in [1.807, 2.05) is 33.0 Å². The van der Waals surface area contributed by atoms with E-state index in [-0.39, 0.29) is 29.5 Å². The molecule has 2 aromatic heterocycles. The third kappa shape index (κ3) is 4.87. The maximum atomic E-state index is 12.9. The summed E-state index contributed by atoms with van der Waals surface area (Å²) in [5, 5.41) is 3.08. The summed E-state index contributed by atoms with van der Waals surface area (Å²) in [7, 11) is 3.69. The number of pyridine rings is 1. The van der Waals surface area contributed by atoms with Crippen molar-refractivity contribution < 1.29 is 14.0 Å². The first kappa shape index (κ1) is 22.0. The molecule has 0 aromatic carbocycles. The van der Waals surface area contributed by atoms with Gasteiger partial charge in [-0.3, -0.25) is 19.5 Å². The number of rotatable bonds is 7. The molecule has 0 unspecified atom stereocenters. The minimum absolute atomic E-state index is 0.0211. The molecule has 1 aliphatic rings. The smallest absolute Gasteiger partial charge is 0.276 e. The number of nitrogens with one attached hydrogen (secondary N) is 1. The van der Waals surface area contributed by atoms with Gasteiger partial charge in [-0.2, -0.15) is 0 Å². The largest absolute Gasteiger partial charge is 0.443 e. The van der Waals surface area contributed by atoms with E-state index >= 15 is 0 Å².